The van der Waals surface area contributed by atoms with E-state index in [9.17, 15) is 8.42 Å². The van der Waals surface area contributed by atoms with Crippen molar-refractivity contribution in [2.24, 2.45) is 0 Å². The molecule has 0 radical (unpaired) electrons. The zero-order chi connectivity index (χ0) is 18.1. The van der Waals surface area contributed by atoms with Gasteiger partial charge < -0.3 is 4.98 Å². The lowest BCUT2D eigenvalue weighted by Gasteiger charge is -2.30. The van der Waals surface area contributed by atoms with Crippen LogP contribution in [0.2, 0.25) is 0 Å². The van der Waals surface area contributed by atoms with Gasteiger partial charge in [-0.2, -0.15) is 9.57 Å². The van der Waals surface area contributed by atoms with Crippen LogP contribution in [0.15, 0.2) is 53.4 Å². The van der Waals surface area contributed by atoms with Crippen LogP contribution in [0.3, 0.4) is 0 Å². The quantitative estimate of drug-likeness (QED) is 0.771. The summed E-state index contributed by atoms with van der Waals surface area (Å²) in [7, 11) is -3.52. The average molecular weight is 366 g/mol. The number of H-pyrrole nitrogens is 1. The third kappa shape index (κ3) is 2.98. The second-order valence-corrected chi connectivity index (χ2v) is 8.39. The van der Waals surface area contributed by atoms with Crippen molar-refractivity contribution in [1.82, 2.24) is 14.3 Å². The minimum atomic E-state index is -3.52. The van der Waals surface area contributed by atoms with E-state index >= 15 is 0 Å². The van der Waals surface area contributed by atoms with Gasteiger partial charge in [-0.1, -0.05) is 12.1 Å². The zero-order valence-electron chi connectivity index (χ0n) is 14.1. The third-order valence-electron chi connectivity index (χ3n) is 4.87. The summed E-state index contributed by atoms with van der Waals surface area (Å²) in [4.78, 5) is 8.24. The fourth-order valence-electron chi connectivity index (χ4n) is 3.39. The number of hydrogen-bond donors (Lipinski definition) is 1. The minimum Gasteiger partial charge on any atom is -0.342 e. The first-order valence-corrected chi connectivity index (χ1v) is 9.97. The van der Waals surface area contributed by atoms with Gasteiger partial charge in [0.2, 0.25) is 10.0 Å². The molecular formula is C19H18N4O2S. The fraction of sp³-hybridized carbons (Fsp3) is 0.263. The van der Waals surface area contributed by atoms with E-state index in [1.165, 1.54) is 28.6 Å². The number of benzene rings is 2. The molecule has 0 saturated carbocycles. The largest absolute Gasteiger partial charge is 0.342 e. The molecular weight excluding hydrogens is 348 g/mol. The Morgan fingerprint density at radius 3 is 2.42 bits per heavy atom. The second kappa shape index (κ2) is 6.56. The first-order valence-electron chi connectivity index (χ1n) is 8.53. The van der Waals surface area contributed by atoms with Crippen molar-refractivity contribution in [3.05, 3.63) is 59.9 Å². The van der Waals surface area contributed by atoms with E-state index in [-0.39, 0.29) is 10.8 Å². The lowest BCUT2D eigenvalue weighted by Crippen LogP contribution is -2.38. The standard InChI is InChI=1S/C19H18N4O2S/c20-13-14-5-7-16(8-6-14)26(24,25)23-11-9-15(10-12-23)19-21-17-3-1-2-4-18(17)22-19/h1-8,15H,9-12H2,(H,21,22). The number of nitriles is 1. The Morgan fingerprint density at radius 2 is 1.77 bits per heavy atom. The number of hydrogen-bond acceptors (Lipinski definition) is 4. The summed E-state index contributed by atoms with van der Waals surface area (Å²) in [6.07, 6.45) is 1.46. The van der Waals surface area contributed by atoms with Gasteiger partial charge in [-0.25, -0.2) is 13.4 Å². The molecule has 0 spiro atoms. The highest BCUT2D eigenvalue weighted by Crippen LogP contribution is 2.30. The van der Waals surface area contributed by atoms with Crippen LogP contribution in [-0.2, 0) is 10.0 Å². The van der Waals surface area contributed by atoms with Crippen molar-refractivity contribution in [2.45, 2.75) is 23.7 Å². The predicted molar refractivity (Wildman–Crippen MR) is 98.0 cm³/mol. The molecule has 1 N–H and O–H groups in total. The van der Waals surface area contributed by atoms with Crippen LogP contribution in [0.5, 0.6) is 0 Å². The predicted octanol–water partition coefficient (Wildman–Crippen LogP) is 3.00. The Kier molecular flexibility index (Phi) is 4.23. The molecule has 1 fully saturated rings. The Hall–Kier alpha value is -2.69. The first kappa shape index (κ1) is 16.8. The summed E-state index contributed by atoms with van der Waals surface area (Å²) in [6, 6.07) is 16.0. The number of imidazole rings is 1. The summed E-state index contributed by atoms with van der Waals surface area (Å²) in [5.74, 6) is 1.16. The van der Waals surface area contributed by atoms with Crippen LogP contribution in [-0.4, -0.2) is 35.8 Å². The van der Waals surface area contributed by atoms with Crippen LogP contribution in [0.4, 0.5) is 0 Å². The van der Waals surface area contributed by atoms with Gasteiger partial charge in [-0.3, -0.25) is 0 Å². The number of fused-ring (bicyclic) bond motifs is 1. The van der Waals surface area contributed by atoms with Crippen LogP contribution >= 0.6 is 0 Å². The average Bonchev–Trinajstić information content (AvgIpc) is 3.12. The van der Waals surface area contributed by atoms with E-state index in [4.69, 9.17) is 5.26 Å². The number of nitrogens with one attached hydrogen (secondary N) is 1. The van der Waals surface area contributed by atoms with E-state index in [0.29, 0.717) is 18.7 Å². The molecule has 26 heavy (non-hydrogen) atoms. The summed E-state index contributed by atoms with van der Waals surface area (Å²) in [5, 5.41) is 8.85. The van der Waals surface area contributed by atoms with Crippen LogP contribution in [0, 0.1) is 11.3 Å². The smallest absolute Gasteiger partial charge is 0.243 e. The molecule has 0 bridgehead atoms. The number of aromatic amines is 1. The molecule has 2 aromatic carbocycles. The van der Waals surface area contributed by atoms with Crippen molar-refractivity contribution in [3.63, 3.8) is 0 Å². The van der Waals surface area contributed by atoms with Crippen LogP contribution in [0.1, 0.15) is 30.1 Å². The van der Waals surface area contributed by atoms with E-state index in [1.807, 2.05) is 30.3 Å². The van der Waals surface area contributed by atoms with Gasteiger partial charge in [-0.05, 0) is 49.2 Å². The first-order chi connectivity index (χ1) is 12.6. The Labute approximate surface area is 152 Å². The number of aromatic nitrogens is 2. The zero-order valence-corrected chi connectivity index (χ0v) is 14.9. The Morgan fingerprint density at radius 1 is 1.08 bits per heavy atom. The van der Waals surface area contributed by atoms with E-state index in [2.05, 4.69) is 9.97 Å². The molecule has 7 heteroatoms. The molecule has 1 saturated heterocycles. The summed E-state index contributed by atoms with van der Waals surface area (Å²) >= 11 is 0. The van der Waals surface area contributed by atoms with Gasteiger partial charge in [0.15, 0.2) is 0 Å². The number of rotatable bonds is 3. The molecule has 0 atom stereocenters. The Balaban J connectivity index is 1.49. The molecule has 0 amide bonds. The van der Waals surface area contributed by atoms with Gasteiger partial charge >= 0.3 is 0 Å². The van der Waals surface area contributed by atoms with Crippen molar-refractivity contribution in [1.29, 1.82) is 5.26 Å². The minimum absolute atomic E-state index is 0.231. The number of para-hydroxylation sites is 2. The van der Waals surface area contributed by atoms with Crippen LogP contribution in [0.25, 0.3) is 11.0 Å². The second-order valence-electron chi connectivity index (χ2n) is 6.45. The SMILES string of the molecule is N#Cc1ccc(S(=O)(=O)N2CCC(c3nc4ccccc4[nH]3)CC2)cc1. The van der Waals surface area contributed by atoms with Crippen molar-refractivity contribution >= 4 is 21.1 Å². The molecule has 2 heterocycles. The summed E-state index contributed by atoms with van der Waals surface area (Å²) < 4.78 is 27.1. The van der Waals surface area contributed by atoms with Gasteiger partial charge in [0, 0.05) is 19.0 Å². The Bertz CT molecular complexity index is 1040. The highest BCUT2D eigenvalue weighted by Gasteiger charge is 2.31. The highest BCUT2D eigenvalue weighted by molar-refractivity contribution is 7.89. The lowest BCUT2D eigenvalue weighted by molar-refractivity contribution is 0.314. The number of sulfonamides is 1. The summed E-state index contributed by atoms with van der Waals surface area (Å²) in [5.41, 5.74) is 2.40. The number of piperidine rings is 1. The molecule has 3 aromatic rings. The monoisotopic (exact) mass is 366 g/mol. The maximum Gasteiger partial charge on any atom is 0.243 e. The van der Waals surface area contributed by atoms with Gasteiger partial charge in [0.1, 0.15) is 5.82 Å². The van der Waals surface area contributed by atoms with Crippen molar-refractivity contribution in [3.8, 4) is 6.07 Å². The molecule has 6 nitrogen and oxygen atoms in total. The van der Waals surface area contributed by atoms with Gasteiger partial charge in [0.25, 0.3) is 0 Å². The van der Waals surface area contributed by atoms with Crippen LogP contribution < -0.4 is 0 Å². The topological polar surface area (TPSA) is 89.8 Å². The van der Waals surface area contributed by atoms with E-state index in [0.717, 1.165) is 29.7 Å². The normalized spacial score (nSPS) is 16.6. The molecule has 1 aromatic heterocycles. The van der Waals surface area contributed by atoms with Crippen molar-refractivity contribution < 1.29 is 8.42 Å². The highest BCUT2D eigenvalue weighted by atomic mass is 32.2. The van der Waals surface area contributed by atoms with E-state index < -0.39 is 10.0 Å². The third-order valence-corrected chi connectivity index (χ3v) is 6.78. The molecule has 132 valence electrons. The molecule has 1 aliphatic heterocycles. The lowest BCUT2D eigenvalue weighted by atomic mass is 9.97. The maximum atomic E-state index is 12.8. The molecule has 0 aliphatic carbocycles. The fourth-order valence-corrected chi connectivity index (χ4v) is 4.86. The number of nitrogens with zero attached hydrogens (tertiary/aromatic N) is 3. The molecule has 0 unspecified atom stereocenters. The van der Waals surface area contributed by atoms with Gasteiger partial charge in [-0.15, -0.1) is 0 Å². The summed E-state index contributed by atoms with van der Waals surface area (Å²) in [6.45, 7) is 0.925. The molecule has 1 aliphatic rings. The van der Waals surface area contributed by atoms with Crippen molar-refractivity contribution in [2.75, 3.05) is 13.1 Å². The van der Waals surface area contributed by atoms with Gasteiger partial charge in [0.05, 0.1) is 27.6 Å². The van der Waals surface area contributed by atoms with E-state index in [1.54, 1.807) is 0 Å². The molecule has 4 rings (SSSR count). The maximum absolute atomic E-state index is 12.8.